The van der Waals surface area contributed by atoms with Crippen molar-refractivity contribution in [1.82, 2.24) is 0 Å². The number of hydrogen-bond acceptors (Lipinski definition) is 2. The molecule has 0 spiro atoms. The second-order valence-electron chi connectivity index (χ2n) is 13.7. The molecule has 0 fully saturated rings. The molecule has 1 aromatic rings. The fourth-order valence-electron chi connectivity index (χ4n) is 5.70. The van der Waals surface area contributed by atoms with Gasteiger partial charge in [-0.2, -0.15) is 0 Å². The Bertz CT molecular complexity index is 648. The second-order valence-corrected chi connectivity index (χ2v) is 13.7. The van der Waals surface area contributed by atoms with Crippen LogP contribution in [0.5, 0.6) is 11.5 Å². The molecule has 3 nitrogen and oxygen atoms in total. The third-order valence-electron chi connectivity index (χ3n) is 8.13. The molecule has 0 heterocycles. The van der Waals surface area contributed by atoms with E-state index in [1.54, 1.807) is 0 Å². The van der Waals surface area contributed by atoms with Crippen molar-refractivity contribution in [2.75, 3.05) is 34.4 Å². The van der Waals surface area contributed by atoms with E-state index in [2.05, 4.69) is 53.2 Å². The first-order valence-electron chi connectivity index (χ1n) is 18.1. The van der Waals surface area contributed by atoms with Crippen LogP contribution in [0.4, 0.5) is 0 Å². The summed E-state index contributed by atoms with van der Waals surface area (Å²) in [7, 11) is 6.73. The molecular formula is C38H72NO2+. The molecule has 0 aliphatic heterocycles. The molecule has 240 valence electrons. The molecule has 3 heteroatoms. The third kappa shape index (κ3) is 25.0. The van der Waals surface area contributed by atoms with Crippen LogP contribution in [0.25, 0.3) is 0 Å². The molecule has 0 saturated carbocycles. The molecule has 41 heavy (non-hydrogen) atoms. The van der Waals surface area contributed by atoms with Gasteiger partial charge < -0.3 is 14.0 Å². The summed E-state index contributed by atoms with van der Waals surface area (Å²) in [6.45, 7) is 7.18. The average molecular weight is 575 g/mol. The number of quaternary nitrogens is 1. The lowest BCUT2D eigenvalue weighted by atomic mass is 10.1. The van der Waals surface area contributed by atoms with E-state index in [4.69, 9.17) is 9.47 Å². The number of benzene rings is 1. The number of unbranched alkanes of at least 4 members (excludes halogenated alkanes) is 22. The predicted molar refractivity (Wildman–Crippen MR) is 181 cm³/mol. The molecule has 0 radical (unpaired) electrons. The lowest BCUT2D eigenvalue weighted by Gasteiger charge is -2.24. The zero-order valence-electron chi connectivity index (χ0n) is 28.6. The van der Waals surface area contributed by atoms with Crippen LogP contribution in [0.1, 0.15) is 174 Å². The van der Waals surface area contributed by atoms with Crippen molar-refractivity contribution in [3.05, 3.63) is 23.8 Å². The van der Waals surface area contributed by atoms with E-state index >= 15 is 0 Å². The van der Waals surface area contributed by atoms with Gasteiger partial charge in [-0.05, 0) is 25.0 Å². The van der Waals surface area contributed by atoms with E-state index < -0.39 is 0 Å². The summed E-state index contributed by atoms with van der Waals surface area (Å²) in [4.78, 5) is 0. The van der Waals surface area contributed by atoms with Crippen molar-refractivity contribution >= 4 is 0 Å². The first-order chi connectivity index (χ1) is 19.9. The number of hydrogen-bond donors (Lipinski definition) is 0. The summed E-state index contributed by atoms with van der Waals surface area (Å²) in [6, 6.07) is 6.56. The van der Waals surface area contributed by atoms with Crippen LogP contribution in [-0.4, -0.2) is 38.8 Å². The van der Waals surface area contributed by atoms with E-state index in [0.29, 0.717) is 0 Å². The monoisotopic (exact) mass is 575 g/mol. The maximum atomic E-state index is 6.23. The Hall–Kier alpha value is -1.22. The van der Waals surface area contributed by atoms with Crippen LogP contribution in [0, 0.1) is 0 Å². The van der Waals surface area contributed by atoms with E-state index in [0.717, 1.165) is 48.6 Å². The normalized spacial score (nSPS) is 11.7. The van der Waals surface area contributed by atoms with Gasteiger partial charge in [0.15, 0.2) is 0 Å². The van der Waals surface area contributed by atoms with Crippen LogP contribution in [0.15, 0.2) is 18.2 Å². The van der Waals surface area contributed by atoms with E-state index in [9.17, 15) is 0 Å². The largest absolute Gasteiger partial charge is 0.493 e. The highest BCUT2D eigenvalue weighted by Crippen LogP contribution is 2.25. The van der Waals surface area contributed by atoms with Crippen molar-refractivity contribution in [1.29, 1.82) is 0 Å². The van der Waals surface area contributed by atoms with Gasteiger partial charge in [-0.1, -0.05) is 155 Å². The SMILES string of the molecule is CCCCCCCCCCCCCCOc1cc(C[N+](C)(C)C)cc(OCCCCCCCCCCCCCC)c1. The molecule has 0 aliphatic rings. The summed E-state index contributed by atoms with van der Waals surface area (Å²) in [6.07, 6.45) is 32.9. The number of nitrogens with zero attached hydrogens (tertiary/aromatic N) is 1. The predicted octanol–water partition coefficient (Wildman–Crippen LogP) is 12.1. The van der Waals surface area contributed by atoms with Gasteiger partial charge in [-0.15, -0.1) is 0 Å². The fourth-order valence-corrected chi connectivity index (χ4v) is 5.70. The molecule has 0 unspecified atom stereocenters. The van der Waals surface area contributed by atoms with Crippen molar-refractivity contribution in [3.8, 4) is 11.5 Å². The molecule has 0 saturated heterocycles. The fraction of sp³-hybridized carbons (Fsp3) is 0.842. The molecular weight excluding hydrogens is 502 g/mol. The molecule has 1 aromatic carbocycles. The van der Waals surface area contributed by atoms with Gasteiger partial charge in [-0.3, -0.25) is 0 Å². The van der Waals surface area contributed by atoms with Gasteiger partial charge in [-0.25, -0.2) is 0 Å². The van der Waals surface area contributed by atoms with Crippen molar-refractivity contribution in [3.63, 3.8) is 0 Å². The topological polar surface area (TPSA) is 18.5 Å². The standard InChI is InChI=1S/C38H72NO2/c1-6-8-10-12-14-16-18-20-22-24-26-28-30-40-37-32-36(35-39(3,4)5)33-38(34-37)41-31-29-27-25-23-21-19-17-15-13-11-9-7-2/h32-34H,6-31,35H2,1-5H3/q+1. The minimum atomic E-state index is 0.809. The van der Waals surface area contributed by atoms with Gasteiger partial charge in [0.2, 0.25) is 0 Å². The van der Waals surface area contributed by atoms with E-state index in [1.807, 2.05) is 0 Å². The summed E-state index contributed by atoms with van der Waals surface area (Å²) in [5.74, 6) is 1.95. The van der Waals surface area contributed by atoms with Crippen molar-refractivity contribution in [2.24, 2.45) is 0 Å². The molecule has 0 amide bonds. The molecule has 0 bridgehead atoms. The maximum absolute atomic E-state index is 6.23. The Morgan fingerprint density at radius 3 is 1.00 bits per heavy atom. The van der Waals surface area contributed by atoms with Gasteiger partial charge in [0, 0.05) is 11.6 Å². The van der Waals surface area contributed by atoms with Crippen LogP contribution in [0.2, 0.25) is 0 Å². The highest BCUT2D eigenvalue weighted by Gasteiger charge is 2.12. The van der Waals surface area contributed by atoms with Crippen LogP contribution in [0.3, 0.4) is 0 Å². The summed E-state index contributed by atoms with van der Waals surface area (Å²) < 4.78 is 13.4. The molecule has 1 rings (SSSR count). The number of ether oxygens (including phenoxy) is 2. The summed E-state index contributed by atoms with van der Waals surface area (Å²) >= 11 is 0. The van der Waals surface area contributed by atoms with Gasteiger partial charge in [0.25, 0.3) is 0 Å². The Morgan fingerprint density at radius 1 is 0.415 bits per heavy atom. The van der Waals surface area contributed by atoms with Crippen molar-refractivity contribution < 1.29 is 14.0 Å². The minimum Gasteiger partial charge on any atom is -0.493 e. The zero-order chi connectivity index (χ0) is 29.9. The molecule has 0 aliphatic carbocycles. The lowest BCUT2D eigenvalue weighted by Crippen LogP contribution is -2.33. The summed E-state index contributed by atoms with van der Waals surface area (Å²) in [5, 5.41) is 0. The van der Waals surface area contributed by atoms with Gasteiger partial charge in [0.1, 0.15) is 18.0 Å². The van der Waals surface area contributed by atoms with Crippen LogP contribution in [-0.2, 0) is 6.54 Å². The quantitative estimate of drug-likeness (QED) is 0.0672. The smallest absolute Gasteiger partial charge is 0.123 e. The maximum Gasteiger partial charge on any atom is 0.123 e. The Morgan fingerprint density at radius 2 is 0.707 bits per heavy atom. The Balaban J connectivity index is 2.21. The van der Waals surface area contributed by atoms with Crippen LogP contribution >= 0.6 is 0 Å². The van der Waals surface area contributed by atoms with E-state index in [-0.39, 0.29) is 0 Å². The molecule has 0 N–H and O–H groups in total. The third-order valence-corrected chi connectivity index (χ3v) is 8.13. The van der Waals surface area contributed by atoms with Crippen molar-refractivity contribution in [2.45, 2.75) is 174 Å². The first kappa shape index (κ1) is 37.8. The van der Waals surface area contributed by atoms with E-state index in [1.165, 1.54) is 147 Å². The van der Waals surface area contributed by atoms with Gasteiger partial charge >= 0.3 is 0 Å². The van der Waals surface area contributed by atoms with Crippen LogP contribution < -0.4 is 9.47 Å². The highest BCUT2D eigenvalue weighted by atomic mass is 16.5. The molecule has 0 atom stereocenters. The minimum absolute atomic E-state index is 0.809. The Labute approximate surface area is 257 Å². The molecule has 0 aromatic heterocycles. The highest BCUT2D eigenvalue weighted by molar-refractivity contribution is 5.38. The Kier molecular flexibility index (Phi) is 24.4. The van der Waals surface area contributed by atoms with Gasteiger partial charge in [0.05, 0.1) is 34.4 Å². The lowest BCUT2D eigenvalue weighted by molar-refractivity contribution is -0.884. The zero-order valence-corrected chi connectivity index (χ0v) is 28.6. The second kappa shape index (κ2) is 26.4. The first-order valence-corrected chi connectivity index (χ1v) is 18.1. The summed E-state index contributed by atoms with van der Waals surface area (Å²) in [5.41, 5.74) is 1.30. The average Bonchev–Trinajstić information content (AvgIpc) is 2.93. The number of rotatable bonds is 30.